The zero-order valence-electron chi connectivity index (χ0n) is 5.81. The van der Waals surface area contributed by atoms with E-state index in [0.29, 0.717) is 0 Å². The molecule has 0 aliphatic rings. The van der Waals surface area contributed by atoms with Gasteiger partial charge in [-0.2, -0.15) is 0 Å². The smallest absolute Gasteiger partial charge is 0.0640 e. The second-order valence-corrected chi connectivity index (χ2v) is 1.97. The van der Waals surface area contributed by atoms with Crippen molar-refractivity contribution in [3.63, 3.8) is 0 Å². The normalized spacial score (nSPS) is 11.2. The van der Waals surface area contributed by atoms with E-state index in [4.69, 9.17) is 5.11 Å². The molecule has 0 bridgehead atoms. The number of aliphatic hydroxyl groups excluding tert-OH is 1. The first kappa shape index (κ1) is 7.92. The summed E-state index contributed by atoms with van der Waals surface area (Å²) < 4.78 is 0. The molecular weight excluding hydrogens is 102 g/mol. The van der Waals surface area contributed by atoms with E-state index in [1.54, 1.807) is 0 Å². The molecule has 0 saturated carbocycles. The van der Waals surface area contributed by atoms with Gasteiger partial charge in [0.2, 0.25) is 0 Å². The summed E-state index contributed by atoms with van der Waals surface area (Å²) in [6.45, 7) is 2.22. The fourth-order valence-electron chi connectivity index (χ4n) is 0.569. The van der Waals surface area contributed by atoms with E-state index in [-0.39, 0.29) is 6.61 Å². The number of aliphatic hydroxyl groups is 1. The summed E-state index contributed by atoms with van der Waals surface area (Å²) >= 11 is 0. The highest BCUT2D eigenvalue weighted by atomic mass is 16.3. The average molecular weight is 116 g/mol. The molecule has 0 heterocycles. The first-order valence-electron chi connectivity index (χ1n) is 2.85. The molecule has 0 saturated heterocycles. The van der Waals surface area contributed by atoms with Crippen LogP contribution in [0.15, 0.2) is 0 Å². The van der Waals surface area contributed by atoms with Crippen molar-refractivity contribution in [2.75, 3.05) is 20.7 Å². The van der Waals surface area contributed by atoms with Gasteiger partial charge in [0.1, 0.15) is 0 Å². The lowest BCUT2D eigenvalue weighted by Gasteiger charge is -2.18. The molecule has 0 aliphatic carbocycles. The van der Waals surface area contributed by atoms with Crippen LogP contribution in [0.2, 0.25) is 0 Å². The topological polar surface area (TPSA) is 23.5 Å². The minimum Gasteiger partial charge on any atom is -0.394 e. The third-order valence-corrected chi connectivity index (χ3v) is 1.22. The Labute approximate surface area is 51.1 Å². The van der Waals surface area contributed by atoms with E-state index < -0.39 is 0 Å². The minimum absolute atomic E-state index is 0.184. The molecule has 0 amide bonds. The molecule has 0 aromatic carbocycles. The predicted molar refractivity (Wildman–Crippen MR) is 34.3 cm³/mol. The molecule has 1 radical (unpaired) electrons. The van der Waals surface area contributed by atoms with Crippen LogP contribution in [0.5, 0.6) is 0 Å². The van der Waals surface area contributed by atoms with E-state index in [1.165, 1.54) is 0 Å². The first-order chi connectivity index (χ1) is 3.72. The summed E-state index contributed by atoms with van der Waals surface area (Å²) in [5.41, 5.74) is 0. The Morgan fingerprint density at radius 2 is 2.00 bits per heavy atom. The van der Waals surface area contributed by atoms with Crippen LogP contribution in [-0.2, 0) is 0 Å². The average Bonchev–Trinajstić information content (AvgIpc) is 1.69. The lowest BCUT2D eigenvalue weighted by Crippen LogP contribution is -2.21. The second-order valence-electron chi connectivity index (χ2n) is 1.97. The Morgan fingerprint density at radius 1 is 1.50 bits per heavy atom. The number of rotatable bonds is 3. The van der Waals surface area contributed by atoms with Crippen LogP contribution < -0.4 is 0 Å². The van der Waals surface area contributed by atoms with Gasteiger partial charge in [0.15, 0.2) is 0 Å². The van der Waals surface area contributed by atoms with Crippen molar-refractivity contribution in [3.05, 3.63) is 6.04 Å². The molecule has 0 spiro atoms. The van der Waals surface area contributed by atoms with Gasteiger partial charge in [0, 0.05) is 0 Å². The summed E-state index contributed by atoms with van der Waals surface area (Å²) in [6.07, 6.45) is 0.934. The number of hydrogen-bond donors (Lipinski definition) is 1. The number of nitrogens with zero attached hydrogens (tertiary/aromatic N) is 1. The van der Waals surface area contributed by atoms with Crippen LogP contribution in [0.3, 0.4) is 0 Å². The first-order valence-corrected chi connectivity index (χ1v) is 2.85. The maximum absolute atomic E-state index is 8.62. The highest BCUT2D eigenvalue weighted by Gasteiger charge is 2.05. The molecule has 0 aromatic rings. The lowest BCUT2D eigenvalue weighted by atomic mass is 10.2. The maximum atomic E-state index is 8.62. The van der Waals surface area contributed by atoms with Gasteiger partial charge < -0.3 is 5.11 Å². The van der Waals surface area contributed by atoms with Crippen molar-refractivity contribution in [1.29, 1.82) is 0 Å². The standard InChI is InChI=1S/C6H14NO/c1-4-6(5-8)7(2)3/h8H,4-5H2,1-3H3. The predicted octanol–water partition coefficient (Wildman–Crippen LogP) is 0.482. The summed E-state index contributed by atoms with van der Waals surface area (Å²) in [4.78, 5) is 1.94. The summed E-state index contributed by atoms with van der Waals surface area (Å²) in [6, 6.07) is 1.07. The molecule has 8 heavy (non-hydrogen) atoms. The van der Waals surface area contributed by atoms with Crippen LogP contribution in [0, 0.1) is 6.04 Å². The number of hydrogen-bond acceptors (Lipinski definition) is 2. The maximum Gasteiger partial charge on any atom is 0.0640 e. The van der Waals surface area contributed by atoms with E-state index in [0.717, 1.165) is 12.5 Å². The second kappa shape index (κ2) is 3.87. The highest BCUT2D eigenvalue weighted by Crippen LogP contribution is 2.05. The molecule has 0 atom stereocenters. The zero-order valence-corrected chi connectivity index (χ0v) is 5.81. The monoisotopic (exact) mass is 116 g/mol. The van der Waals surface area contributed by atoms with Crippen LogP contribution >= 0.6 is 0 Å². The fraction of sp³-hybridized carbons (Fsp3) is 0.833. The van der Waals surface area contributed by atoms with Gasteiger partial charge in [-0.05, 0) is 20.5 Å². The van der Waals surface area contributed by atoms with Crippen LogP contribution in [0.1, 0.15) is 13.3 Å². The van der Waals surface area contributed by atoms with Crippen LogP contribution in [0.4, 0.5) is 0 Å². The van der Waals surface area contributed by atoms with Crippen molar-refractivity contribution in [2.45, 2.75) is 13.3 Å². The van der Waals surface area contributed by atoms with E-state index >= 15 is 0 Å². The van der Waals surface area contributed by atoms with Crippen molar-refractivity contribution in [2.24, 2.45) is 0 Å². The third kappa shape index (κ3) is 2.28. The SMILES string of the molecule is CC[C](CO)N(C)C. The van der Waals surface area contributed by atoms with Gasteiger partial charge in [0.05, 0.1) is 12.6 Å². The van der Waals surface area contributed by atoms with E-state index in [2.05, 4.69) is 0 Å². The molecule has 0 rings (SSSR count). The summed E-state index contributed by atoms with van der Waals surface area (Å²) in [5, 5.41) is 8.62. The fourth-order valence-corrected chi connectivity index (χ4v) is 0.569. The molecule has 49 valence electrons. The van der Waals surface area contributed by atoms with E-state index in [1.807, 2.05) is 25.9 Å². The van der Waals surface area contributed by atoms with Gasteiger partial charge in [0.25, 0.3) is 0 Å². The Balaban J connectivity index is 3.35. The highest BCUT2D eigenvalue weighted by molar-refractivity contribution is 4.82. The van der Waals surface area contributed by atoms with Gasteiger partial charge in [-0.25, -0.2) is 0 Å². The van der Waals surface area contributed by atoms with Gasteiger partial charge in [-0.15, -0.1) is 0 Å². The molecule has 2 heteroatoms. The molecule has 1 N–H and O–H groups in total. The van der Waals surface area contributed by atoms with Crippen molar-refractivity contribution in [3.8, 4) is 0 Å². The van der Waals surface area contributed by atoms with E-state index in [9.17, 15) is 0 Å². The summed E-state index contributed by atoms with van der Waals surface area (Å²) in [7, 11) is 3.88. The molecular formula is C6H14NO. The summed E-state index contributed by atoms with van der Waals surface area (Å²) in [5.74, 6) is 0. The van der Waals surface area contributed by atoms with Crippen molar-refractivity contribution in [1.82, 2.24) is 4.90 Å². The Bertz CT molecular complexity index is 50.5. The molecule has 0 aliphatic heterocycles. The molecule has 2 nitrogen and oxygen atoms in total. The molecule has 0 unspecified atom stereocenters. The van der Waals surface area contributed by atoms with Crippen LogP contribution in [-0.4, -0.2) is 30.7 Å². The minimum atomic E-state index is 0.184. The Hall–Kier alpha value is -0.0800. The Morgan fingerprint density at radius 3 is 2.00 bits per heavy atom. The Kier molecular flexibility index (Phi) is 3.83. The number of likely N-dealkylation sites (N-methyl/N-ethyl adjacent to an activating group) is 1. The zero-order chi connectivity index (χ0) is 6.57. The quantitative estimate of drug-likeness (QED) is 0.580. The molecule has 0 fully saturated rings. The molecule has 0 aromatic heterocycles. The van der Waals surface area contributed by atoms with Crippen molar-refractivity contribution < 1.29 is 5.11 Å². The largest absolute Gasteiger partial charge is 0.394 e. The van der Waals surface area contributed by atoms with Gasteiger partial charge in [-0.1, -0.05) is 6.92 Å². The van der Waals surface area contributed by atoms with Gasteiger partial charge >= 0.3 is 0 Å². The van der Waals surface area contributed by atoms with Gasteiger partial charge in [-0.3, -0.25) is 4.90 Å². The lowest BCUT2D eigenvalue weighted by molar-refractivity contribution is 0.236. The van der Waals surface area contributed by atoms with Crippen molar-refractivity contribution >= 4 is 0 Å². The third-order valence-electron chi connectivity index (χ3n) is 1.22. The van der Waals surface area contributed by atoms with Crippen LogP contribution in [0.25, 0.3) is 0 Å².